The molecule has 0 amide bonds. The maximum absolute atomic E-state index is 6.37. The second kappa shape index (κ2) is 7.16. The predicted molar refractivity (Wildman–Crippen MR) is 102 cm³/mol. The van der Waals surface area contributed by atoms with Crippen LogP contribution in [-0.4, -0.2) is 0 Å². The molecule has 2 aromatic carbocycles. The predicted octanol–water partition coefficient (Wildman–Crippen LogP) is 6.84. The second-order valence-corrected chi connectivity index (χ2v) is 6.47. The Morgan fingerprint density at radius 1 is 0.583 bits per heavy atom. The van der Waals surface area contributed by atoms with Crippen molar-refractivity contribution in [2.45, 2.75) is 13.8 Å². The maximum Gasteiger partial charge on any atom is 0.111 e. The Kier molecular flexibility index (Phi) is 4.98. The molecule has 0 aliphatic carbocycles. The van der Waals surface area contributed by atoms with E-state index in [1.807, 2.05) is 62.4 Å². The lowest BCUT2D eigenvalue weighted by Gasteiger charge is -2.09. The van der Waals surface area contributed by atoms with Crippen molar-refractivity contribution >= 4 is 34.6 Å². The number of hydrogen-bond donors (Lipinski definition) is 0. The molecule has 0 N–H and O–H groups in total. The van der Waals surface area contributed by atoms with Crippen molar-refractivity contribution in [1.82, 2.24) is 0 Å². The number of aryl methyl sites for hydroxylation is 2. The molecule has 0 bridgehead atoms. The Labute approximate surface area is 151 Å². The fraction of sp³-hybridized carbons (Fsp3) is 0.100. The summed E-state index contributed by atoms with van der Waals surface area (Å²) in [5, 5.41) is 9.75. The molecule has 1 aliphatic heterocycles. The smallest absolute Gasteiger partial charge is 0.111 e. The lowest BCUT2D eigenvalue weighted by atomic mass is 10.1. The second-order valence-electron chi connectivity index (χ2n) is 5.66. The highest BCUT2D eigenvalue weighted by Crippen LogP contribution is 2.32. The van der Waals surface area contributed by atoms with Crippen LogP contribution < -0.4 is 0 Å². The molecule has 2 nitrogen and oxygen atoms in total. The van der Waals surface area contributed by atoms with E-state index in [2.05, 4.69) is 10.2 Å². The Morgan fingerprint density at radius 3 is 1.25 bits per heavy atom. The van der Waals surface area contributed by atoms with Crippen LogP contribution in [0.5, 0.6) is 0 Å². The van der Waals surface area contributed by atoms with Crippen molar-refractivity contribution in [1.29, 1.82) is 0 Å². The van der Waals surface area contributed by atoms with E-state index in [0.29, 0.717) is 21.5 Å². The van der Waals surface area contributed by atoms with Crippen molar-refractivity contribution in [2.24, 2.45) is 10.2 Å². The lowest BCUT2D eigenvalue weighted by molar-refractivity contribution is 1.23. The summed E-state index contributed by atoms with van der Waals surface area (Å²) in [7, 11) is 0. The van der Waals surface area contributed by atoms with Crippen LogP contribution >= 0.6 is 23.2 Å². The van der Waals surface area contributed by atoms with Crippen LogP contribution in [0.2, 0.25) is 0 Å². The van der Waals surface area contributed by atoms with Gasteiger partial charge in [0.05, 0.1) is 10.1 Å². The molecule has 0 saturated carbocycles. The van der Waals surface area contributed by atoms with Gasteiger partial charge in [-0.05, 0) is 26.0 Å². The Morgan fingerprint density at radius 2 is 0.917 bits per heavy atom. The fourth-order valence-corrected chi connectivity index (χ4v) is 2.73. The van der Waals surface area contributed by atoms with Gasteiger partial charge < -0.3 is 0 Å². The molecule has 2 aromatic rings. The van der Waals surface area contributed by atoms with Crippen molar-refractivity contribution < 1.29 is 0 Å². The van der Waals surface area contributed by atoms with Gasteiger partial charge in [0, 0.05) is 11.1 Å². The summed E-state index contributed by atoms with van der Waals surface area (Å²) in [5.41, 5.74) is 5.44. The third-order valence-electron chi connectivity index (χ3n) is 3.73. The average Bonchev–Trinajstić information content (AvgIpc) is 2.58. The van der Waals surface area contributed by atoms with Gasteiger partial charge in [0.1, 0.15) is 11.4 Å². The molecule has 24 heavy (non-hydrogen) atoms. The summed E-state index contributed by atoms with van der Waals surface area (Å²) >= 11 is 12.7. The number of azo groups is 1. The van der Waals surface area contributed by atoms with Gasteiger partial charge in [0.25, 0.3) is 0 Å². The fourth-order valence-electron chi connectivity index (χ4n) is 2.31. The van der Waals surface area contributed by atoms with Crippen LogP contribution in [0.4, 0.5) is 0 Å². The van der Waals surface area contributed by atoms with Crippen LogP contribution in [-0.2, 0) is 0 Å². The SMILES string of the molecule is Cc1ccc(C2=C(Cl)/C=C\C(Cl)=C(c3ccc(C)cc3)/N=N\2)cc1. The summed E-state index contributed by atoms with van der Waals surface area (Å²) in [6.45, 7) is 4.08. The molecule has 120 valence electrons. The van der Waals surface area contributed by atoms with E-state index in [4.69, 9.17) is 23.2 Å². The molecule has 4 heteroatoms. The molecule has 0 unspecified atom stereocenters. The highest BCUT2D eigenvalue weighted by Gasteiger charge is 2.12. The van der Waals surface area contributed by atoms with E-state index in [9.17, 15) is 0 Å². The molecule has 0 saturated heterocycles. The van der Waals surface area contributed by atoms with E-state index < -0.39 is 0 Å². The Bertz CT molecular complexity index is 797. The third kappa shape index (κ3) is 3.66. The van der Waals surface area contributed by atoms with Crippen LogP contribution in [0.1, 0.15) is 22.3 Å². The number of hydrogen-bond acceptors (Lipinski definition) is 2. The van der Waals surface area contributed by atoms with Gasteiger partial charge in [-0.2, -0.15) is 0 Å². The van der Waals surface area contributed by atoms with Crippen LogP contribution in [0.15, 0.2) is 81.0 Å². The van der Waals surface area contributed by atoms with Gasteiger partial charge >= 0.3 is 0 Å². The number of halogens is 2. The molecule has 1 heterocycles. The van der Waals surface area contributed by atoms with E-state index in [1.165, 1.54) is 11.1 Å². The zero-order valence-electron chi connectivity index (χ0n) is 13.4. The summed E-state index contributed by atoms with van der Waals surface area (Å²) in [6, 6.07) is 16.0. The topological polar surface area (TPSA) is 24.7 Å². The Balaban J connectivity index is 2.04. The molecule has 3 rings (SSSR count). The number of rotatable bonds is 2. The lowest BCUT2D eigenvalue weighted by Crippen LogP contribution is -1.89. The van der Waals surface area contributed by atoms with Crippen LogP contribution in [0.25, 0.3) is 11.4 Å². The minimum Gasteiger partial charge on any atom is -0.148 e. The zero-order valence-corrected chi connectivity index (χ0v) is 14.9. The average molecular weight is 355 g/mol. The molecule has 0 atom stereocenters. The van der Waals surface area contributed by atoms with Gasteiger partial charge in [-0.3, -0.25) is 0 Å². The minimum atomic E-state index is 0.503. The number of allylic oxidation sites excluding steroid dienone is 4. The monoisotopic (exact) mass is 354 g/mol. The largest absolute Gasteiger partial charge is 0.148 e. The molecular weight excluding hydrogens is 339 g/mol. The summed E-state index contributed by atoms with van der Waals surface area (Å²) in [4.78, 5) is 0. The van der Waals surface area contributed by atoms with Crippen LogP contribution in [0, 0.1) is 13.8 Å². The van der Waals surface area contributed by atoms with Gasteiger partial charge in [-0.1, -0.05) is 82.9 Å². The highest BCUT2D eigenvalue weighted by molar-refractivity contribution is 6.36. The van der Waals surface area contributed by atoms with Gasteiger partial charge in [-0.15, -0.1) is 10.2 Å². The van der Waals surface area contributed by atoms with Gasteiger partial charge in [0.2, 0.25) is 0 Å². The highest BCUT2D eigenvalue weighted by atomic mass is 35.5. The van der Waals surface area contributed by atoms with Gasteiger partial charge in [0.15, 0.2) is 0 Å². The van der Waals surface area contributed by atoms with E-state index in [1.54, 1.807) is 12.2 Å². The summed E-state index contributed by atoms with van der Waals surface area (Å²) in [5.74, 6) is 0. The molecule has 0 aromatic heterocycles. The first-order valence-corrected chi connectivity index (χ1v) is 8.33. The van der Waals surface area contributed by atoms with E-state index in [-0.39, 0.29) is 0 Å². The third-order valence-corrected chi connectivity index (χ3v) is 4.34. The standard InChI is InChI=1S/C20H16Cl2N2/c1-13-3-7-15(8-4-13)19-17(21)11-12-18(22)20(24-23-19)16-9-5-14(2)6-10-16/h3-12H,1-2H3/b12-11-,17-11?,18-12?,19-17+,20-18+,23-19?,24-20?,24-23-. The molecule has 1 aliphatic rings. The molecule has 0 radical (unpaired) electrons. The summed E-state index contributed by atoms with van der Waals surface area (Å²) in [6.07, 6.45) is 3.51. The van der Waals surface area contributed by atoms with Crippen molar-refractivity contribution in [3.63, 3.8) is 0 Å². The quantitative estimate of drug-likeness (QED) is 0.563. The zero-order chi connectivity index (χ0) is 17.1. The van der Waals surface area contributed by atoms with Crippen molar-refractivity contribution in [2.75, 3.05) is 0 Å². The van der Waals surface area contributed by atoms with Crippen LogP contribution in [0.3, 0.4) is 0 Å². The van der Waals surface area contributed by atoms with Gasteiger partial charge in [-0.25, -0.2) is 0 Å². The first kappa shape index (κ1) is 16.7. The summed E-state index contributed by atoms with van der Waals surface area (Å²) < 4.78 is 0. The normalized spacial score (nSPS) is 23.5. The maximum atomic E-state index is 6.37. The molecular formula is C20H16Cl2N2. The van der Waals surface area contributed by atoms with Crippen molar-refractivity contribution in [3.8, 4) is 0 Å². The van der Waals surface area contributed by atoms with Crippen molar-refractivity contribution in [3.05, 3.63) is 93.0 Å². The van der Waals surface area contributed by atoms with E-state index >= 15 is 0 Å². The number of benzene rings is 2. The van der Waals surface area contributed by atoms with E-state index in [0.717, 1.165) is 11.1 Å². The molecule has 0 spiro atoms. The number of nitrogens with zero attached hydrogens (tertiary/aromatic N) is 2. The first-order valence-electron chi connectivity index (χ1n) is 7.58. The minimum absolute atomic E-state index is 0.503. The first-order chi connectivity index (χ1) is 11.5. The molecule has 0 fully saturated rings. The Hall–Kier alpha value is -2.16.